The summed E-state index contributed by atoms with van der Waals surface area (Å²) in [6.07, 6.45) is 1.81. The summed E-state index contributed by atoms with van der Waals surface area (Å²) in [5, 5.41) is 7.69. The third-order valence-corrected chi connectivity index (χ3v) is 1.88. The highest BCUT2D eigenvalue weighted by Gasteiger charge is 2.08. The smallest absolute Gasteiger partial charge is 0.204 e. The predicted octanol–water partition coefficient (Wildman–Crippen LogP) is 1.24. The van der Waals surface area contributed by atoms with E-state index in [4.69, 9.17) is 0 Å². The van der Waals surface area contributed by atoms with Crippen molar-refractivity contribution in [2.75, 3.05) is 0 Å². The van der Waals surface area contributed by atoms with Crippen LogP contribution in [0.15, 0.2) is 18.3 Å². The van der Waals surface area contributed by atoms with Crippen molar-refractivity contribution in [2.45, 2.75) is 13.8 Å². The first-order chi connectivity index (χ1) is 6.18. The van der Waals surface area contributed by atoms with Crippen LogP contribution in [0.5, 0.6) is 0 Å². The molecule has 0 N–H and O–H groups in total. The van der Waals surface area contributed by atoms with Gasteiger partial charge in [0, 0.05) is 13.1 Å². The molecule has 0 aliphatic carbocycles. The van der Waals surface area contributed by atoms with E-state index in [9.17, 15) is 4.79 Å². The third-order valence-electron chi connectivity index (χ3n) is 1.88. The zero-order chi connectivity index (χ0) is 9.42. The molecule has 0 amide bonds. The van der Waals surface area contributed by atoms with Gasteiger partial charge in [0.15, 0.2) is 11.4 Å². The minimum absolute atomic E-state index is 0.0728. The summed E-state index contributed by atoms with van der Waals surface area (Å²) in [6, 6.07) is 3.81. The zero-order valence-electron chi connectivity index (χ0n) is 7.48. The molecule has 0 bridgehead atoms. The molecule has 2 aromatic rings. The molecule has 0 unspecified atom stereocenters. The molecule has 0 atom stereocenters. The van der Waals surface area contributed by atoms with Crippen LogP contribution in [-0.4, -0.2) is 20.4 Å². The number of ketones is 1. The number of Topliss-reactive ketones (excluding diaryl/α,β-unsaturated/α-hetero) is 1. The lowest BCUT2D eigenvalue weighted by Crippen LogP contribution is -1.99. The van der Waals surface area contributed by atoms with E-state index in [0.717, 1.165) is 5.56 Å². The lowest BCUT2D eigenvalue weighted by molar-refractivity contribution is 0.100. The molecule has 2 rings (SSSR count). The summed E-state index contributed by atoms with van der Waals surface area (Å²) in [7, 11) is 0. The number of aromatic nitrogens is 3. The molecule has 0 spiro atoms. The van der Waals surface area contributed by atoms with Gasteiger partial charge >= 0.3 is 0 Å². The number of pyridine rings is 1. The summed E-state index contributed by atoms with van der Waals surface area (Å²) >= 11 is 0. The van der Waals surface area contributed by atoms with Gasteiger partial charge in [0.25, 0.3) is 0 Å². The largest absolute Gasteiger partial charge is 0.291 e. The van der Waals surface area contributed by atoms with E-state index in [2.05, 4.69) is 10.2 Å². The van der Waals surface area contributed by atoms with E-state index in [0.29, 0.717) is 11.5 Å². The number of nitrogens with zero attached hydrogens (tertiary/aromatic N) is 3. The quantitative estimate of drug-likeness (QED) is 0.612. The van der Waals surface area contributed by atoms with Crippen molar-refractivity contribution in [1.29, 1.82) is 0 Å². The van der Waals surface area contributed by atoms with Gasteiger partial charge in [-0.3, -0.25) is 9.20 Å². The second kappa shape index (κ2) is 2.65. The molecule has 0 aliphatic rings. The molecule has 13 heavy (non-hydrogen) atoms. The second-order valence-electron chi connectivity index (χ2n) is 3.01. The predicted molar refractivity (Wildman–Crippen MR) is 47.7 cm³/mol. The first-order valence-corrected chi connectivity index (χ1v) is 4.01. The summed E-state index contributed by atoms with van der Waals surface area (Å²) in [5.41, 5.74) is 1.82. The van der Waals surface area contributed by atoms with E-state index < -0.39 is 0 Å². The van der Waals surface area contributed by atoms with Gasteiger partial charge in [0.1, 0.15) is 0 Å². The number of carbonyl (C=O) groups excluding carboxylic acids is 1. The molecule has 0 fully saturated rings. The van der Waals surface area contributed by atoms with Crippen molar-refractivity contribution in [3.63, 3.8) is 0 Å². The number of hydrogen-bond donors (Lipinski definition) is 0. The first-order valence-electron chi connectivity index (χ1n) is 4.01. The minimum atomic E-state index is -0.0728. The fourth-order valence-corrected chi connectivity index (χ4v) is 1.23. The summed E-state index contributed by atoms with van der Waals surface area (Å²) in [4.78, 5) is 11.1. The Hall–Kier alpha value is -1.71. The van der Waals surface area contributed by atoms with E-state index in [1.165, 1.54) is 6.92 Å². The Morgan fingerprint density at radius 1 is 1.46 bits per heavy atom. The zero-order valence-corrected chi connectivity index (χ0v) is 7.48. The Kier molecular flexibility index (Phi) is 1.62. The fourth-order valence-electron chi connectivity index (χ4n) is 1.23. The summed E-state index contributed by atoms with van der Waals surface area (Å²) < 4.78 is 1.69. The maximum absolute atomic E-state index is 11.1. The molecule has 2 aromatic heterocycles. The maximum atomic E-state index is 11.1. The van der Waals surface area contributed by atoms with Gasteiger partial charge in [-0.2, -0.15) is 0 Å². The normalized spacial score (nSPS) is 10.6. The van der Waals surface area contributed by atoms with Crippen LogP contribution in [-0.2, 0) is 0 Å². The van der Waals surface area contributed by atoms with Crippen LogP contribution in [0.3, 0.4) is 0 Å². The van der Waals surface area contributed by atoms with Crippen LogP contribution in [0.4, 0.5) is 0 Å². The Morgan fingerprint density at radius 3 is 2.92 bits per heavy atom. The highest BCUT2D eigenvalue weighted by atomic mass is 16.1. The minimum Gasteiger partial charge on any atom is -0.291 e. The van der Waals surface area contributed by atoms with Crippen LogP contribution in [0.1, 0.15) is 23.1 Å². The van der Waals surface area contributed by atoms with Crippen molar-refractivity contribution in [1.82, 2.24) is 14.6 Å². The molecule has 66 valence electrons. The first kappa shape index (κ1) is 7.91. The van der Waals surface area contributed by atoms with Crippen LogP contribution >= 0.6 is 0 Å². The van der Waals surface area contributed by atoms with Crippen molar-refractivity contribution in [3.05, 3.63) is 29.7 Å². The number of aryl methyl sites for hydroxylation is 1. The molecule has 0 radical (unpaired) electrons. The standard InChI is InChI=1S/C9H9N3O/c1-6-3-4-12-8(5-6)10-11-9(12)7(2)13/h3-5H,1-2H3. The van der Waals surface area contributed by atoms with Gasteiger partial charge in [-0.15, -0.1) is 10.2 Å². The lowest BCUT2D eigenvalue weighted by atomic mass is 10.3. The Morgan fingerprint density at radius 2 is 2.23 bits per heavy atom. The third kappa shape index (κ3) is 1.20. The molecular formula is C9H9N3O. The van der Waals surface area contributed by atoms with Crippen LogP contribution in [0.25, 0.3) is 5.65 Å². The van der Waals surface area contributed by atoms with Gasteiger partial charge in [-0.05, 0) is 24.6 Å². The second-order valence-corrected chi connectivity index (χ2v) is 3.01. The van der Waals surface area contributed by atoms with E-state index >= 15 is 0 Å². The average Bonchev–Trinajstić information content (AvgIpc) is 2.46. The Labute approximate surface area is 75.2 Å². The van der Waals surface area contributed by atoms with Crippen LogP contribution < -0.4 is 0 Å². The molecule has 4 nitrogen and oxygen atoms in total. The van der Waals surface area contributed by atoms with Crippen molar-refractivity contribution in [2.24, 2.45) is 0 Å². The molecular weight excluding hydrogens is 166 g/mol. The molecule has 0 saturated heterocycles. The van der Waals surface area contributed by atoms with Crippen LogP contribution in [0.2, 0.25) is 0 Å². The van der Waals surface area contributed by atoms with Gasteiger partial charge in [0.05, 0.1) is 0 Å². The van der Waals surface area contributed by atoms with Gasteiger partial charge in [-0.1, -0.05) is 0 Å². The molecule has 4 heteroatoms. The number of carbonyl (C=O) groups is 1. The SMILES string of the molecule is CC(=O)c1nnc2cc(C)ccn12. The highest BCUT2D eigenvalue weighted by molar-refractivity contribution is 5.91. The van der Waals surface area contributed by atoms with Crippen LogP contribution in [0, 0.1) is 6.92 Å². The topological polar surface area (TPSA) is 47.3 Å². The van der Waals surface area contributed by atoms with Crippen molar-refractivity contribution in [3.8, 4) is 0 Å². The van der Waals surface area contributed by atoms with Gasteiger partial charge < -0.3 is 0 Å². The Balaban J connectivity index is 2.76. The summed E-state index contributed by atoms with van der Waals surface area (Å²) in [6.45, 7) is 3.46. The Bertz CT molecular complexity index is 473. The highest BCUT2D eigenvalue weighted by Crippen LogP contribution is 2.06. The lowest BCUT2D eigenvalue weighted by Gasteiger charge is -1.95. The average molecular weight is 175 g/mol. The molecule has 0 saturated carbocycles. The van der Waals surface area contributed by atoms with E-state index in [1.54, 1.807) is 10.6 Å². The number of hydrogen-bond acceptors (Lipinski definition) is 3. The van der Waals surface area contributed by atoms with Crippen molar-refractivity contribution >= 4 is 11.4 Å². The maximum Gasteiger partial charge on any atom is 0.204 e. The van der Waals surface area contributed by atoms with E-state index in [1.807, 2.05) is 19.1 Å². The monoisotopic (exact) mass is 175 g/mol. The van der Waals surface area contributed by atoms with E-state index in [-0.39, 0.29) is 5.78 Å². The van der Waals surface area contributed by atoms with Crippen molar-refractivity contribution < 1.29 is 4.79 Å². The molecule has 0 aromatic carbocycles. The van der Waals surface area contributed by atoms with Gasteiger partial charge in [0.2, 0.25) is 5.82 Å². The molecule has 0 aliphatic heterocycles. The summed E-state index contributed by atoms with van der Waals surface area (Å²) in [5.74, 6) is 0.311. The molecule has 2 heterocycles. The number of rotatable bonds is 1. The fraction of sp³-hybridized carbons (Fsp3) is 0.222. The number of fused-ring (bicyclic) bond motifs is 1. The van der Waals surface area contributed by atoms with Gasteiger partial charge in [-0.25, -0.2) is 0 Å².